The minimum atomic E-state index is -0.279. The molecule has 0 saturated carbocycles. The summed E-state index contributed by atoms with van der Waals surface area (Å²) >= 11 is 0. The van der Waals surface area contributed by atoms with Gasteiger partial charge in [-0.05, 0) is 25.8 Å². The van der Waals surface area contributed by atoms with Crippen molar-refractivity contribution in [3.05, 3.63) is 64.7 Å². The molecule has 0 aliphatic carbocycles. The number of fused-ring (bicyclic) bond motifs is 1. The largest absolute Gasteiger partial charge is 0.334 e. The molecule has 1 aliphatic heterocycles. The van der Waals surface area contributed by atoms with Gasteiger partial charge in [0.2, 0.25) is 5.91 Å². The normalized spacial score (nSPS) is 13.2. The molecule has 0 spiro atoms. The van der Waals surface area contributed by atoms with E-state index in [-0.39, 0.29) is 18.0 Å². The Labute approximate surface area is 156 Å². The molecule has 2 aromatic heterocycles. The molecule has 1 aliphatic rings. The monoisotopic (exact) mass is 363 g/mol. The highest BCUT2D eigenvalue weighted by Crippen LogP contribution is 2.28. The van der Waals surface area contributed by atoms with E-state index >= 15 is 0 Å². The van der Waals surface area contributed by atoms with Gasteiger partial charge in [0, 0.05) is 36.5 Å². The lowest BCUT2D eigenvalue weighted by Gasteiger charge is -2.11. The summed E-state index contributed by atoms with van der Waals surface area (Å²) in [4.78, 5) is 33.2. The van der Waals surface area contributed by atoms with Crippen LogP contribution in [-0.2, 0) is 24.3 Å². The minimum absolute atomic E-state index is 0.0832. The second-order valence-electron chi connectivity index (χ2n) is 6.78. The van der Waals surface area contributed by atoms with Crippen LogP contribution in [0.4, 0.5) is 5.69 Å². The van der Waals surface area contributed by atoms with Gasteiger partial charge in [-0.3, -0.25) is 14.2 Å². The summed E-state index contributed by atoms with van der Waals surface area (Å²) in [6.07, 6.45) is 6.76. The number of benzene rings is 1. The lowest BCUT2D eigenvalue weighted by molar-refractivity contribution is -0.116. The molecule has 0 atom stereocenters. The molecule has 1 aromatic carbocycles. The summed E-state index contributed by atoms with van der Waals surface area (Å²) in [5.74, 6) is 0.814. The number of hydrogen-bond donors (Lipinski definition) is 1. The summed E-state index contributed by atoms with van der Waals surface area (Å²) in [6.45, 7) is 2.65. The van der Waals surface area contributed by atoms with Crippen LogP contribution in [0.15, 0.2) is 47.7 Å². The quantitative estimate of drug-likeness (QED) is 0.772. The number of hydrogen-bond acceptors (Lipinski definition) is 4. The van der Waals surface area contributed by atoms with Crippen LogP contribution in [0.2, 0.25) is 0 Å². The van der Waals surface area contributed by atoms with Crippen molar-refractivity contribution >= 4 is 11.6 Å². The number of para-hydroxylation sites is 1. The second kappa shape index (κ2) is 7.19. The van der Waals surface area contributed by atoms with Crippen LogP contribution in [0.3, 0.4) is 0 Å². The molecule has 7 heteroatoms. The fourth-order valence-corrected chi connectivity index (χ4v) is 3.34. The average molecular weight is 363 g/mol. The summed E-state index contributed by atoms with van der Waals surface area (Å²) in [7, 11) is 0. The topological polar surface area (TPSA) is 81.8 Å². The van der Waals surface area contributed by atoms with E-state index < -0.39 is 0 Å². The zero-order valence-corrected chi connectivity index (χ0v) is 15.2. The van der Waals surface area contributed by atoms with Gasteiger partial charge in [0.15, 0.2) is 0 Å². The molecule has 0 unspecified atom stereocenters. The third kappa shape index (κ3) is 3.67. The van der Waals surface area contributed by atoms with Crippen LogP contribution in [0.1, 0.15) is 24.4 Å². The van der Waals surface area contributed by atoms with E-state index in [0.717, 1.165) is 36.5 Å². The summed E-state index contributed by atoms with van der Waals surface area (Å²) in [5.41, 5.74) is 2.81. The number of rotatable bonds is 4. The Bertz CT molecular complexity index is 1030. The molecule has 138 valence electrons. The second-order valence-corrected chi connectivity index (χ2v) is 6.78. The molecule has 27 heavy (non-hydrogen) atoms. The van der Waals surface area contributed by atoms with E-state index in [4.69, 9.17) is 4.98 Å². The van der Waals surface area contributed by atoms with Crippen LogP contribution in [0.5, 0.6) is 0 Å². The first-order chi connectivity index (χ1) is 13.1. The van der Waals surface area contributed by atoms with E-state index in [1.807, 2.05) is 30.5 Å². The van der Waals surface area contributed by atoms with Crippen LogP contribution in [0, 0.1) is 6.92 Å². The highest BCUT2D eigenvalue weighted by molar-refractivity contribution is 5.94. The zero-order valence-electron chi connectivity index (χ0n) is 15.2. The fraction of sp³-hybridized carbons (Fsp3) is 0.300. The molecule has 0 fully saturated rings. The van der Waals surface area contributed by atoms with Crippen molar-refractivity contribution in [1.82, 2.24) is 19.1 Å². The maximum atomic E-state index is 12.5. The number of amides is 1. The highest BCUT2D eigenvalue weighted by atomic mass is 16.2. The number of aromatic nitrogens is 4. The van der Waals surface area contributed by atoms with Gasteiger partial charge in [-0.15, -0.1) is 0 Å². The molecule has 0 radical (unpaired) electrons. The van der Waals surface area contributed by atoms with Crippen LogP contribution >= 0.6 is 0 Å². The Balaban J connectivity index is 1.57. The van der Waals surface area contributed by atoms with Crippen LogP contribution in [-0.4, -0.2) is 25.0 Å². The third-order valence-electron chi connectivity index (χ3n) is 4.72. The van der Waals surface area contributed by atoms with Gasteiger partial charge < -0.3 is 9.88 Å². The van der Waals surface area contributed by atoms with E-state index in [1.165, 1.54) is 23.4 Å². The Kier molecular flexibility index (Phi) is 4.58. The van der Waals surface area contributed by atoms with Gasteiger partial charge >= 0.3 is 0 Å². The lowest BCUT2D eigenvalue weighted by Crippen LogP contribution is -2.27. The molecular weight excluding hydrogens is 342 g/mol. The van der Waals surface area contributed by atoms with Crippen molar-refractivity contribution in [3.63, 3.8) is 0 Å². The van der Waals surface area contributed by atoms with Crippen molar-refractivity contribution in [2.75, 3.05) is 5.32 Å². The van der Waals surface area contributed by atoms with Gasteiger partial charge in [-0.2, -0.15) is 0 Å². The molecule has 7 nitrogen and oxygen atoms in total. The zero-order chi connectivity index (χ0) is 18.8. The number of nitrogens with one attached hydrogen (secondary N) is 1. The van der Waals surface area contributed by atoms with E-state index in [9.17, 15) is 9.59 Å². The van der Waals surface area contributed by atoms with Crippen molar-refractivity contribution < 1.29 is 4.79 Å². The number of aryl methyl sites for hydroxylation is 3. The fourth-order valence-electron chi connectivity index (χ4n) is 3.34. The molecule has 0 bridgehead atoms. The van der Waals surface area contributed by atoms with Crippen molar-refractivity contribution in [2.24, 2.45) is 0 Å². The number of nitrogens with zero attached hydrogens (tertiary/aromatic N) is 4. The lowest BCUT2D eigenvalue weighted by atomic mass is 10.1. The highest BCUT2D eigenvalue weighted by Gasteiger charge is 2.16. The van der Waals surface area contributed by atoms with Crippen molar-refractivity contribution in [2.45, 2.75) is 39.3 Å². The molecule has 1 N–H and O–H groups in total. The number of imidazole rings is 1. The van der Waals surface area contributed by atoms with E-state index in [2.05, 4.69) is 14.9 Å². The Hall–Kier alpha value is -3.22. The average Bonchev–Trinajstić information content (AvgIpc) is 3.08. The first kappa shape index (κ1) is 17.2. The third-order valence-corrected chi connectivity index (χ3v) is 4.72. The van der Waals surface area contributed by atoms with Gasteiger partial charge in [0.25, 0.3) is 5.56 Å². The van der Waals surface area contributed by atoms with E-state index in [0.29, 0.717) is 11.4 Å². The molecule has 4 rings (SSSR count). The van der Waals surface area contributed by atoms with Crippen molar-refractivity contribution in [3.8, 4) is 11.3 Å². The number of carbonyl (C=O) groups excluding carboxylic acids is 1. The van der Waals surface area contributed by atoms with Gasteiger partial charge in [-0.1, -0.05) is 18.2 Å². The number of carbonyl (C=O) groups is 1. The molecule has 3 aromatic rings. The molecule has 1 amide bonds. The predicted octanol–water partition coefficient (Wildman–Crippen LogP) is 2.39. The molecule has 3 heterocycles. The van der Waals surface area contributed by atoms with E-state index in [1.54, 1.807) is 6.92 Å². The standard InChI is InChI=1S/C20H21N5O2/c1-14-10-20(27)25(13-21-14)12-19(26)23-16-7-3-2-6-15(16)17-11-24-9-5-4-8-18(24)22-17/h2-3,6-7,10-11,13H,4-5,8-9,12H2,1H3,(H,23,26). The smallest absolute Gasteiger partial charge is 0.253 e. The predicted molar refractivity (Wildman–Crippen MR) is 102 cm³/mol. The van der Waals surface area contributed by atoms with Crippen LogP contribution in [0.25, 0.3) is 11.3 Å². The number of anilines is 1. The molecular formula is C20H21N5O2. The summed E-state index contributed by atoms with van der Waals surface area (Å²) < 4.78 is 3.48. The SMILES string of the molecule is Cc1cc(=O)n(CC(=O)Nc2ccccc2-c2cn3c(n2)CCCC3)cn1. The Morgan fingerprint density at radius 3 is 2.93 bits per heavy atom. The first-order valence-corrected chi connectivity index (χ1v) is 9.08. The Morgan fingerprint density at radius 2 is 2.11 bits per heavy atom. The minimum Gasteiger partial charge on any atom is -0.334 e. The van der Waals surface area contributed by atoms with Gasteiger partial charge in [-0.25, -0.2) is 9.97 Å². The first-order valence-electron chi connectivity index (χ1n) is 9.08. The summed E-state index contributed by atoms with van der Waals surface area (Å²) in [6, 6.07) is 9.01. The maximum absolute atomic E-state index is 12.5. The Morgan fingerprint density at radius 1 is 1.26 bits per heavy atom. The maximum Gasteiger partial charge on any atom is 0.253 e. The van der Waals surface area contributed by atoms with Crippen molar-refractivity contribution in [1.29, 1.82) is 0 Å². The molecule has 0 saturated heterocycles. The van der Waals surface area contributed by atoms with Gasteiger partial charge in [0.1, 0.15) is 12.4 Å². The van der Waals surface area contributed by atoms with Gasteiger partial charge in [0.05, 0.1) is 17.7 Å². The van der Waals surface area contributed by atoms with Crippen LogP contribution < -0.4 is 10.9 Å². The summed E-state index contributed by atoms with van der Waals surface area (Å²) in [5, 5.41) is 2.90.